The summed E-state index contributed by atoms with van der Waals surface area (Å²) in [6, 6.07) is 2.39. The van der Waals surface area contributed by atoms with Crippen molar-refractivity contribution in [2.75, 3.05) is 6.26 Å². The molecule has 0 saturated carbocycles. The lowest BCUT2D eigenvalue weighted by atomic mass is 10.2. The Morgan fingerprint density at radius 3 is 2.58 bits per heavy atom. The Balaban J connectivity index is 3.24. The van der Waals surface area contributed by atoms with Crippen molar-refractivity contribution in [3.63, 3.8) is 0 Å². The maximum Gasteiger partial charge on any atom is 0.145 e. The standard InChI is InChI=1S/C8H8F2OS/c1-12-8-6(9)3-2-5(4-11)7(8)10/h2-3,11H,4H2,1H3. The van der Waals surface area contributed by atoms with Gasteiger partial charge in [0.1, 0.15) is 11.6 Å². The monoisotopic (exact) mass is 190 g/mol. The van der Waals surface area contributed by atoms with Gasteiger partial charge in [0.2, 0.25) is 0 Å². The second-order valence-electron chi connectivity index (χ2n) is 2.21. The molecular weight excluding hydrogens is 182 g/mol. The highest BCUT2D eigenvalue weighted by molar-refractivity contribution is 7.98. The molecule has 1 rings (SSSR count). The zero-order chi connectivity index (χ0) is 9.14. The van der Waals surface area contributed by atoms with Crippen molar-refractivity contribution >= 4 is 11.8 Å². The average molecular weight is 190 g/mol. The highest BCUT2D eigenvalue weighted by Gasteiger charge is 2.11. The quantitative estimate of drug-likeness (QED) is 0.721. The lowest BCUT2D eigenvalue weighted by Gasteiger charge is -2.04. The van der Waals surface area contributed by atoms with Gasteiger partial charge >= 0.3 is 0 Å². The summed E-state index contributed by atoms with van der Waals surface area (Å²) >= 11 is 0.990. The first-order valence-electron chi connectivity index (χ1n) is 3.32. The Bertz CT molecular complexity index is 289. The van der Waals surface area contributed by atoms with E-state index in [0.717, 1.165) is 17.8 Å². The van der Waals surface area contributed by atoms with E-state index in [-0.39, 0.29) is 10.5 Å². The van der Waals surface area contributed by atoms with Crippen molar-refractivity contribution in [1.29, 1.82) is 0 Å². The Kier molecular flexibility index (Phi) is 3.05. The first kappa shape index (κ1) is 9.48. The molecule has 0 aliphatic heterocycles. The summed E-state index contributed by atoms with van der Waals surface area (Å²) in [4.78, 5) is -0.0402. The zero-order valence-corrected chi connectivity index (χ0v) is 7.29. The molecule has 0 spiro atoms. The molecule has 0 radical (unpaired) electrons. The lowest BCUT2D eigenvalue weighted by Crippen LogP contribution is -1.94. The van der Waals surface area contributed by atoms with E-state index in [9.17, 15) is 8.78 Å². The Hall–Kier alpha value is -0.610. The Morgan fingerprint density at radius 2 is 2.08 bits per heavy atom. The molecule has 0 atom stereocenters. The Labute approximate surface area is 73.4 Å². The molecule has 0 amide bonds. The van der Waals surface area contributed by atoms with E-state index in [4.69, 9.17) is 5.11 Å². The number of benzene rings is 1. The van der Waals surface area contributed by atoms with Crippen LogP contribution >= 0.6 is 11.8 Å². The maximum absolute atomic E-state index is 13.1. The third-order valence-corrected chi connectivity index (χ3v) is 2.29. The molecule has 0 unspecified atom stereocenters. The second-order valence-corrected chi connectivity index (χ2v) is 3.03. The largest absolute Gasteiger partial charge is 0.392 e. The molecule has 1 aromatic rings. The SMILES string of the molecule is CSc1c(F)ccc(CO)c1F. The summed E-state index contributed by atoms with van der Waals surface area (Å²) in [5.74, 6) is -1.25. The number of thioether (sulfide) groups is 1. The molecule has 0 aliphatic rings. The minimum Gasteiger partial charge on any atom is -0.392 e. The summed E-state index contributed by atoms with van der Waals surface area (Å²) in [5.41, 5.74) is 0.126. The van der Waals surface area contributed by atoms with Crippen LogP contribution in [0.3, 0.4) is 0 Å². The van der Waals surface area contributed by atoms with Crippen molar-refractivity contribution in [2.45, 2.75) is 11.5 Å². The molecule has 4 heteroatoms. The number of halogens is 2. The summed E-state index contributed by atoms with van der Waals surface area (Å²) in [6.07, 6.45) is 1.59. The van der Waals surface area contributed by atoms with Gasteiger partial charge in [-0.3, -0.25) is 0 Å². The van der Waals surface area contributed by atoms with Crippen molar-refractivity contribution in [3.8, 4) is 0 Å². The fourth-order valence-corrected chi connectivity index (χ4v) is 1.46. The van der Waals surface area contributed by atoms with Gasteiger partial charge in [0.15, 0.2) is 0 Å². The predicted octanol–water partition coefficient (Wildman–Crippen LogP) is 2.18. The van der Waals surface area contributed by atoms with Gasteiger partial charge in [-0.25, -0.2) is 8.78 Å². The molecule has 12 heavy (non-hydrogen) atoms. The van der Waals surface area contributed by atoms with Crippen LogP contribution in [-0.4, -0.2) is 11.4 Å². The van der Waals surface area contributed by atoms with Crippen LogP contribution < -0.4 is 0 Å². The van der Waals surface area contributed by atoms with Crippen molar-refractivity contribution < 1.29 is 13.9 Å². The molecule has 0 aromatic heterocycles. The molecule has 1 N–H and O–H groups in total. The highest BCUT2D eigenvalue weighted by atomic mass is 32.2. The van der Waals surface area contributed by atoms with Crippen LogP contribution in [0.2, 0.25) is 0 Å². The number of aliphatic hydroxyl groups is 1. The molecule has 1 nitrogen and oxygen atoms in total. The summed E-state index contributed by atoms with van der Waals surface area (Å²) in [6.45, 7) is -0.403. The topological polar surface area (TPSA) is 20.2 Å². The van der Waals surface area contributed by atoms with Gasteiger partial charge in [0, 0.05) is 5.56 Å². The fraction of sp³-hybridized carbons (Fsp3) is 0.250. The van der Waals surface area contributed by atoms with E-state index in [2.05, 4.69) is 0 Å². The van der Waals surface area contributed by atoms with Gasteiger partial charge < -0.3 is 5.11 Å². The first-order chi connectivity index (χ1) is 5.70. The zero-order valence-electron chi connectivity index (χ0n) is 6.47. The highest BCUT2D eigenvalue weighted by Crippen LogP contribution is 2.25. The smallest absolute Gasteiger partial charge is 0.145 e. The third kappa shape index (κ3) is 1.59. The molecule has 1 aromatic carbocycles. The van der Waals surface area contributed by atoms with Crippen LogP contribution in [0.4, 0.5) is 8.78 Å². The number of aliphatic hydroxyl groups excluding tert-OH is 1. The van der Waals surface area contributed by atoms with Crippen LogP contribution in [0.25, 0.3) is 0 Å². The normalized spacial score (nSPS) is 10.3. The molecular formula is C8H8F2OS. The molecule has 0 saturated heterocycles. The first-order valence-corrected chi connectivity index (χ1v) is 4.55. The van der Waals surface area contributed by atoms with Crippen LogP contribution in [0.1, 0.15) is 5.56 Å². The van der Waals surface area contributed by atoms with Gasteiger partial charge in [0.25, 0.3) is 0 Å². The predicted molar refractivity (Wildman–Crippen MR) is 44.1 cm³/mol. The maximum atomic E-state index is 13.1. The van der Waals surface area contributed by atoms with E-state index in [0.29, 0.717) is 0 Å². The van der Waals surface area contributed by atoms with Crippen LogP contribution in [0.15, 0.2) is 17.0 Å². The number of rotatable bonds is 2. The van der Waals surface area contributed by atoms with Gasteiger partial charge in [0.05, 0.1) is 11.5 Å². The molecule has 0 heterocycles. The van der Waals surface area contributed by atoms with Crippen molar-refractivity contribution in [2.24, 2.45) is 0 Å². The number of hydrogen-bond acceptors (Lipinski definition) is 2. The van der Waals surface area contributed by atoms with Gasteiger partial charge in [-0.05, 0) is 12.3 Å². The minimum absolute atomic E-state index is 0.0402. The van der Waals surface area contributed by atoms with Gasteiger partial charge in [-0.1, -0.05) is 6.07 Å². The van der Waals surface area contributed by atoms with E-state index in [1.165, 1.54) is 6.07 Å². The van der Waals surface area contributed by atoms with E-state index in [1.807, 2.05) is 0 Å². The summed E-state index contributed by atoms with van der Waals surface area (Å²) in [7, 11) is 0. The van der Waals surface area contributed by atoms with Crippen LogP contribution in [-0.2, 0) is 6.61 Å². The molecule has 66 valence electrons. The summed E-state index contributed by atoms with van der Waals surface area (Å²) < 4.78 is 25.9. The van der Waals surface area contributed by atoms with Gasteiger partial charge in [-0.15, -0.1) is 11.8 Å². The lowest BCUT2D eigenvalue weighted by molar-refractivity contribution is 0.274. The minimum atomic E-state index is -0.662. The number of hydrogen-bond donors (Lipinski definition) is 1. The third-order valence-electron chi connectivity index (χ3n) is 1.50. The van der Waals surface area contributed by atoms with Gasteiger partial charge in [-0.2, -0.15) is 0 Å². The average Bonchev–Trinajstić information content (AvgIpc) is 2.06. The molecule has 0 aliphatic carbocycles. The second kappa shape index (κ2) is 3.87. The Morgan fingerprint density at radius 1 is 1.42 bits per heavy atom. The summed E-state index contributed by atoms with van der Waals surface area (Å²) in [5, 5.41) is 8.66. The van der Waals surface area contributed by atoms with Crippen molar-refractivity contribution in [3.05, 3.63) is 29.3 Å². The molecule has 0 bridgehead atoms. The molecule has 0 fully saturated rings. The van der Waals surface area contributed by atoms with Crippen LogP contribution in [0, 0.1) is 11.6 Å². The fourth-order valence-electron chi connectivity index (χ4n) is 0.882. The van der Waals surface area contributed by atoms with E-state index in [1.54, 1.807) is 6.26 Å². The van der Waals surface area contributed by atoms with E-state index < -0.39 is 18.2 Å². The van der Waals surface area contributed by atoms with E-state index >= 15 is 0 Å². The van der Waals surface area contributed by atoms with Crippen molar-refractivity contribution in [1.82, 2.24) is 0 Å². The van der Waals surface area contributed by atoms with Crippen LogP contribution in [0.5, 0.6) is 0 Å².